The number of anilines is 1. The molecule has 0 aliphatic rings. The van der Waals surface area contributed by atoms with E-state index in [-0.39, 0.29) is 12.2 Å². The average Bonchev–Trinajstić information content (AvgIpc) is 2.77. The number of hydrogen-bond acceptors (Lipinski definition) is 4. The molecule has 0 aliphatic heterocycles. The van der Waals surface area contributed by atoms with E-state index >= 15 is 0 Å². The van der Waals surface area contributed by atoms with Gasteiger partial charge in [-0.05, 0) is 55.0 Å². The molecule has 2 amide bonds. The van der Waals surface area contributed by atoms with Crippen molar-refractivity contribution in [3.8, 4) is 5.75 Å². The summed E-state index contributed by atoms with van der Waals surface area (Å²) < 4.78 is 19.1. The van der Waals surface area contributed by atoms with Gasteiger partial charge in [-0.2, -0.15) is 5.10 Å². The molecule has 0 saturated carbocycles. The maximum Gasteiger partial charge on any atom is 0.277 e. The number of carbonyl (C=O) groups is 2. The fraction of sp³-hybridized carbons (Fsp3) is 0.0870. The fourth-order valence-electron chi connectivity index (χ4n) is 2.64. The van der Waals surface area contributed by atoms with Crippen molar-refractivity contribution in [3.63, 3.8) is 0 Å². The number of hydrogen-bond donors (Lipinski definition) is 2. The topological polar surface area (TPSA) is 79.8 Å². The number of rotatable bonds is 7. The van der Waals surface area contributed by atoms with Crippen LogP contribution in [0, 0.1) is 5.82 Å². The highest BCUT2D eigenvalue weighted by molar-refractivity contribution is 6.35. The van der Waals surface area contributed by atoms with E-state index in [9.17, 15) is 14.0 Å². The summed E-state index contributed by atoms with van der Waals surface area (Å²) >= 11 is 11.8. The number of amides is 2. The molecule has 3 rings (SSSR count). The smallest absolute Gasteiger partial charge is 0.277 e. The number of hydrazone groups is 1. The second-order valence-corrected chi connectivity index (χ2v) is 7.45. The Kier molecular flexibility index (Phi) is 7.81. The number of halogens is 3. The Hall–Kier alpha value is -3.42. The second kappa shape index (κ2) is 10.7. The third-order valence-corrected chi connectivity index (χ3v) is 4.79. The molecule has 0 aromatic heterocycles. The summed E-state index contributed by atoms with van der Waals surface area (Å²) in [5, 5.41) is 7.44. The van der Waals surface area contributed by atoms with Crippen LogP contribution in [-0.4, -0.2) is 24.1 Å². The lowest BCUT2D eigenvalue weighted by molar-refractivity contribution is -0.123. The molecule has 32 heavy (non-hydrogen) atoms. The minimum atomic E-state index is -0.608. The summed E-state index contributed by atoms with van der Waals surface area (Å²) in [7, 11) is 0. The number of carbonyl (C=O) groups excluding carboxylic acids is 2. The molecule has 0 radical (unpaired) electrons. The number of nitrogens with zero attached hydrogens (tertiary/aromatic N) is 1. The number of ether oxygens (including phenoxy) is 1. The zero-order valence-corrected chi connectivity index (χ0v) is 18.4. The van der Waals surface area contributed by atoms with Crippen molar-refractivity contribution in [2.75, 3.05) is 11.9 Å². The highest BCUT2D eigenvalue weighted by Crippen LogP contribution is 2.27. The van der Waals surface area contributed by atoms with E-state index < -0.39 is 17.6 Å². The zero-order valence-electron chi connectivity index (χ0n) is 16.9. The Morgan fingerprint density at radius 2 is 1.81 bits per heavy atom. The van der Waals surface area contributed by atoms with Crippen LogP contribution >= 0.6 is 23.2 Å². The van der Waals surface area contributed by atoms with Gasteiger partial charge in [0.05, 0.1) is 16.3 Å². The van der Waals surface area contributed by atoms with Gasteiger partial charge in [0.2, 0.25) is 0 Å². The van der Waals surface area contributed by atoms with Crippen LogP contribution in [0.1, 0.15) is 22.8 Å². The van der Waals surface area contributed by atoms with E-state index in [1.54, 1.807) is 49.4 Å². The Bertz CT molecular complexity index is 1180. The molecule has 0 heterocycles. The summed E-state index contributed by atoms with van der Waals surface area (Å²) in [6.45, 7) is 1.39. The molecule has 6 nitrogen and oxygen atoms in total. The first kappa shape index (κ1) is 23.2. The van der Waals surface area contributed by atoms with Crippen LogP contribution in [0.5, 0.6) is 5.75 Å². The molecule has 0 aliphatic carbocycles. The normalized spacial score (nSPS) is 11.1. The molecule has 3 aromatic rings. The van der Waals surface area contributed by atoms with Gasteiger partial charge in [-0.15, -0.1) is 0 Å². The van der Waals surface area contributed by atoms with Crippen LogP contribution in [0.4, 0.5) is 10.1 Å². The maximum absolute atomic E-state index is 13.8. The van der Waals surface area contributed by atoms with E-state index in [1.807, 2.05) is 0 Å². The summed E-state index contributed by atoms with van der Waals surface area (Å²) in [6.07, 6.45) is 0. The van der Waals surface area contributed by atoms with Crippen LogP contribution in [0.15, 0.2) is 71.8 Å². The Labute approximate surface area is 194 Å². The van der Waals surface area contributed by atoms with Crippen molar-refractivity contribution < 1.29 is 18.7 Å². The van der Waals surface area contributed by atoms with Crippen LogP contribution in [0.3, 0.4) is 0 Å². The number of nitrogens with one attached hydrogen (secondary N) is 2. The quantitative estimate of drug-likeness (QED) is 0.360. The van der Waals surface area contributed by atoms with Gasteiger partial charge in [0.25, 0.3) is 11.8 Å². The lowest BCUT2D eigenvalue weighted by Crippen LogP contribution is -2.25. The van der Waals surface area contributed by atoms with Crippen molar-refractivity contribution >= 4 is 46.4 Å². The lowest BCUT2D eigenvalue weighted by Gasteiger charge is -2.09. The summed E-state index contributed by atoms with van der Waals surface area (Å²) in [6, 6.07) is 17.2. The molecule has 0 atom stereocenters. The van der Waals surface area contributed by atoms with Gasteiger partial charge in [-0.25, -0.2) is 9.82 Å². The highest BCUT2D eigenvalue weighted by Gasteiger charge is 2.12. The number of benzene rings is 3. The van der Waals surface area contributed by atoms with Crippen LogP contribution in [0.25, 0.3) is 0 Å². The largest absolute Gasteiger partial charge is 0.482 e. The molecular formula is C23H18Cl2FN3O3. The SMILES string of the molecule is C/C(=N\NC(=O)COc1ccc(Cl)cc1Cl)c1cccc(NC(=O)c2ccccc2F)c1. The molecule has 0 fully saturated rings. The van der Waals surface area contributed by atoms with E-state index in [2.05, 4.69) is 15.8 Å². The first-order valence-electron chi connectivity index (χ1n) is 9.41. The molecule has 0 bridgehead atoms. The third-order valence-electron chi connectivity index (χ3n) is 4.26. The highest BCUT2D eigenvalue weighted by atomic mass is 35.5. The zero-order chi connectivity index (χ0) is 23.1. The molecule has 0 unspecified atom stereocenters. The van der Waals surface area contributed by atoms with Gasteiger partial charge in [-0.1, -0.05) is 47.5 Å². The Balaban J connectivity index is 1.59. The van der Waals surface area contributed by atoms with Gasteiger partial charge in [-0.3, -0.25) is 9.59 Å². The summed E-state index contributed by atoms with van der Waals surface area (Å²) in [5.74, 6) is -1.34. The fourth-order valence-corrected chi connectivity index (χ4v) is 3.11. The van der Waals surface area contributed by atoms with Crippen molar-refractivity contribution in [3.05, 3.63) is 93.7 Å². The van der Waals surface area contributed by atoms with Crippen molar-refractivity contribution in [1.82, 2.24) is 5.43 Å². The lowest BCUT2D eigenvalue weighted by atomic mass is 10.1. The van der Waals surface area contributed by atoms with Gasteiger partial charge in [0.15, 0.2) is 6.61 Å². The van der Waals surface area contributed by atoms with E-state index in [0.29, 0.717) is 32.8 Å². The minimum absolute atomic E-state index is 0.0589. The predicted molar refractivity (Wildman–Crippen MR) is 123 cm³/mol. The summed E-state index contributed by atoms with van der Waals surface area (Å²) in [4.78, 5) is 24.3. The monoisotopic (exact) mass is 473 g/mol. The van der Waals surface area contributed by atoms with Gasteiger partial charge < -0.3 is 10.1 Å². The third kappa shape index (κ3) is 6.29. The minimum Gasteiger partial charge on any atom is -0.482 e. The van der Waals surface area contributed by atoms with Crippen molar-refractivity contribution in [2.24, 2.45) is 5.10 Å². The first-order valence-corrected chi connectivity index (χ1v) is 10.2. The van der Waals surface area contributed by atoms with Crippen LogP contribution in [-0.2, 0) is 4.79 Å². The first-order chi connectivity index (χ1) is 15.3. The Morgan fingerprint density at radius 3 is 2.56 bits per heavy atom. The van der Waals surface area contributed by atoms with Crippen molar-refractivity contribution in [2.45, 2.75) is 6.92 Å². The van der Waals surface area contributed by atoms with Crippen molar-refractivity contribution in [1.29, 1.82) is 0 Å². The molecular weight excluding hydrogens is 456 g/mol. The molecule has 0 saturated heterocycles. The summed E-state index contributed by atoms with van der Waals surface area (Å²) in [5.41, 5.74) is 3.93. The van der Waals surface area contributed by atoms with Gasteiger partial charge in [0.1, 0.15) is 11.6 Å². The molecule has 9 heteroatoms. The van der Waals surface area contributed by atoms with E-state index in [4.69, 9.17) is 27.9 Å². The van der Waals surface area contributed by atoms with E-state index in [0.717, 1.165) is 0 Å². The maximum atomic E-state index is 13.8. The van der Waals surface area contributed by atoms with Gasteiger partial charge >= 0.3 is 0 Å². The van der Waals surface area contributed by atoms with E-state index in [1.165, 1.54) is 24.3 Å². The molecule has 164 valence electrons. The Morgan fingerprint density at radius 1 is 1.03 bits per heavy atom. The van der Waals surface area contributed by atoms with Gasteiger partial charge in [0, 0.05) is 10.7 Å². The second-order valence-electron chi connectivity index (χ2n) is 6.61. The molecule has 3 aromatic carbocycles. The average molecular weight is 474 g/mol. The van der Waals surface area contributed by atoms with Crippen LogP contribution < -0.4 is 15.5 Å². The van der Waals surface area contributed by atoms with Crippen LogP contribution in [0.2, 0.25) is 10.0 Å². The standard InChI is InChI=1S/C23H18Cl2FN3O3/c1-14(28-29-22(30)13-32-21-10-9-16(24)12-19(21)25)15-5-4-6-17(11-15)27-23(31)18-7-2-3-8-20(18)26/h2-12H,13H2,1H3,(H,27,31)(H,29,30)/b28-14+. The molecule has 2 N–H and O–H groups in total. The predicted octanol–water partition coefficient (Wildman–Crippen LogP) is 5.30. The molecule has 0 spiro atoms.